The zero-order chi connectivity index (χ0) is 14.8. The third kappa shape index (κ3) is 2.99. The highest BCUT2D eigenvalue weighted by Crippen LogP contribution is 2.38. The second-order valence-electron chi connectivity index (χ2n) is 5.07. The molecule has 2 heterocycles. The van der Waals surface area contributed by atoms with E-state index in [1.165, 1.54) is 12.3 Å². The van der Waals surface area contributed by atoms with Crippen molar-refractivity contribution < 1.29 is 14.2 Å². The number of hydrogen-bond donors (Lipinski definition) is 2. The van der Waals surface area contributed by atoms with E-state index < -0.39 is 29.4 Å². The van der Waals surface area contributed by atoms with Gasteiger partial charge in [-0.3, -0.25) is 14.3 Å². The van der Waals surface area contributed by atoms with E-state index in [4.69, 9.17) is 4.74 Å². The second-order valence-corrected chi connectivity index (χ2v) is 5.07. The maximum absolute atomic E-state index is 14.6. The Kier molecular flexibility index (Phi) is 4.39. The van der Waals surface area contributed by atoms with E-state index in [0.717, 1.165) is 11.0 Å². The summed E-state index contributed by atoms with van der Waals surface area (Å²) in [5.41, 5.74) is -1.16. The molecule has 0 radical (unpaired) electrons. The zero-order valence-corrected chi connectivity index (χ0v) is 11.3. The number of ether oxygens (including phenoxy) is 1. The van der Waals surface area contributed by atoms with E-state index in [2.05, 4.69) is 4.98 Å². The van der Waals surface area contributed by atoms with Gasteiger partial charge in [-0.2, -0.15) is 0 Å². The van der Waals surface area contributed by atoms with Gasteiger partial charge in [0.05, 0.1) is 0 Å². The third-order valence-electron chi connectivity index (χ3n) is 3.55. The minimum Gasteiger partial charge on any atom is -0.387 e. The monoisotopic (exact) mass is 286 g/mol. The Balaban J connectivity index is 2.22. The maximum atomic E-state index is 14.6. The predicted octanol–water partition coefficient (Wildman–Crippen LogP) is 1.06. The van der Waals surface area contributed by atoms with Crippen molar-refractivity contribution in [2.45, 2.75) is 57.2 Å². The summed E-state index contributed by atoms with van der Waals surface area (Å²) in [5, 5.41) is 9.79. The van der Waals surface area contributed by atoms with Crippen LogP contribution in [-0.4, -0.2) is 26.6 Å². The topological polar surface area (TPSA) is 84.3 Å². The average molecular weight is 286 g/mol. The van der Waals surface area contributed by atoms with Crippen LogP contribution in [-0.2, 0) is 4.74 Å². The van der Waals surface area contributed by atoms with Crippen LogP contribution in [0.2, 0.25) is 0 Å². The lowest BCUT2D eigenvalue weighted by Gasteiger charge is -2.39. The lowest BCUT2D eigenvalue weighted by Crippen LogP contribution is -2.48. The highest BCUT2D eigenvalue weighted by atomic mass is 19.2. The summed E-state index contributed by atoms with van der Waals surface area (Å²) in [6.07, 6.45) is 1.24. The van der Waals surface area contributed by atoms with Crippen LogP contribution in [0.15, 0.2) is 21.9 Å². The van der Waals surface area contributed by atoms with Crippen molar-refractivity contribution in [3.63, 3.8) is 0 Å². The molecule has 0 saturated carbocycles. The number of nitrogens with zero attached hydrogens (tertiary/aromatic N) is 1. The number of H-pyrrole nitrogens is 1. The number of halogens is 1. The third-order valence-corrected chi connectivity index (χ3v) is 3.55. The number of aromatic nitrogens is 2. The van der Waals surface area contributed by atoms with Gasteiger partial charge in [0.1, 0.15) is 12.3 Å². The average Bonchev–Trinajstić information content (AvgIpc) is 2.40. The highest BCUT2D eigenvalue weighted by Gasteiger charge is 2.45. The Morgan fingerprint density at radius 3 is 2.95 bits per heavy atom. The van der Waals surface area contributed by atoms with Crippen molar-refractivity contribution in [3.05, 3.63) is 33.1 Å². The summed E-state index contributed by atoms with van der Waals surface area (Å²) in [4.78, 5) is 24.8. The van der Waals surface area contributed by atoms with Crippen LogP contribution in [0.3, 0.4) is 0 Å². The molecular weight excluding hydrogens is 267 g/mol. The minimum absolute atomic E-state index is 0.0826. The molecule has 20 heavy (non-hydrogen) atoms. The van der Waals surface area contributed by atoms with Gasteiger partial charge in [-0.05, 0) is 19.3 Å². The first-order valence-electron chi connectivity index (χ1n) is 6.82. The fraction of sp³-hybridized carbons (Fsp3) is 0.692. The largest absolute Gasteiger partial charge is 0.387 e. The Hall–Kier alpha value is -1.47. The molecule has 1 aliphatic rings. The normalized spacial score (nSPS) is 30.4. The van der Waals surface area contributed by atoms with Crippen LogP contribution in [0.4, 0.5) is 4.39 Å². The Morgan fingerprint density at radius 1 is 1.55 bits per heavy atom. The summed E-state index contributed by atoms with van der Waals surface area (Å²) in [7, 11) is 0. The first kappa shape index (κ1) is 14.9. The summed E-state index contributed by atoms with van der Waals surface area (Å²) < 4.78 is 21.1. The van der Waals surface area contributed by atoms with E-state index in [-0.39, 0.29) is 12.8 Å². The van der Waals surface area contributed by atoms with E-state index in [0.29, 0.717) is 12.8 Å². The Bertz CT molecular complexity index is 570. The Morgan fingerprint density at radius 2 is 2.30 bits per heavy atom. The lowest BCUT2D eigenvalue weighted by atomic mass is 9.97. The highest BCUT2D eigenvalue weighted by molar-refractivity contribution is 4.89. The van der Waals surface area contributed by atoms with Crippen LogP contribution in [0.5, 0.6) is 0 Å². The lowest BCUT2D eigenvalue weighted by molar-refractivity contribution is -0.280. The van der Waals surface area contributed by atoms with Crippen LogP contribution in [0, 0.1) is 0 Å². The van der Waals surface area contributed by atoms with Gasteiger partial charge < -0.3 is 9.84 Å². The van der Waals surface area contributed by atoms with Gasteiger partial charge in [0.15, 0.2) is 0 Å². The molecular formula is C13H19FN2O4. The minimum atomic E-state index is -2.14. The number of aliphatic hydroxyl groups is 1. The molecule has 1 saturated heterocycles. The smallest absolute Gasteiger partial charge is 0.330 e. The molecule has 1 aromatic heterocycles. The number of rotatable bonds is 4. The molecule has 2 rings (SSSR count). The number of alkyl halides is 1. The molecule has 1 unspecified atom stereocenters. The van der Waals surface area contributed by atoms with Crippen molar-refractivity contribution >= 4 is 0 Å². The van der Waals surface area contributed by atoms with Crippen LogP contribution in [0.25, 0.3) is 0 Å². The van der Waals surface area contributed by atoms with E-state index in [1.54, 1.807) is 0 Å². The molecule has 6 nitrogen and oxygen atoms in total. The standard InChI is InChI=1S/C13H19FN2O4/c1-2-3-7-13(14)9(17)4-5-11(20-13)16-8-6-10(18)15-12(16)19/h6,8-9,11,17H,2-5,7H2,1H3,(H,15,18,19)/t9-,11?,13+/m0/s1. The quantitative estimate of drug-likeness (QED) is 0.867. The molecule has 112 valence electrons. The molecule has 0 spiro atoms. The zero-order valence-electron chi connectivity index (χ0n) is 11.3. The molecule has 2 N–H and O–H groups in total. The molecule has 0 aromatic carbocycles. The molecule has 0 bridgehead atoms. The van der Waals surface area contributed by atoms with Gasteiger partial charge in [-0.15, -0.1) is 0 Å². The van der Waals surface area contributed by atoms with E-state index in [1.807, 2.05) is 6.92 Å². The van der Waals surface area contributed by atoms with E-state index >= 15 is 0 Å². The van der Waals surface area contributed by atoms with Crippen LogP contribution < -0.4 is 11.2 Å². The number of hydrogen-bond acceptors (Lipinski definition) is 4. The first-order chi connectivity index (χ1) is 9.46. The van der Waals surface area contributed by atoms with Crippen LogP contribution in [0.1, 0.15) is 45.3 Å². The maximum Gasteiger partial charge on any atom is 0.330 e. The number of nitrogens with one attached hydrogen (secondary N) is 1. The second kappa shape index (κ2) is 5.88. The van der Waals surface area contributed by atoms with Gasteiger partial charge >= 0.3 is 5.69 Å². The summed E-state index contributed by atoms with van der Waals surface area (Å²) in [6, 6.07) is 1.18. The van der Waals surface area contributed by atoms with Gasteiger partial charge in [0.2, 0.25) is 5.85 Å². The Labute approximate surface area is 115 Å². The number of aliphatic hydroxyl groups excluding tert-OH is 1. The molecule has 0 amide bonds. The SMILES string of the molecule is CCCC[C@@]1(F)OC(n2ccc(=O)[nH]c2=O)CC[C@@H]1O. The van der Waals surface area contributed by atoms with Gasteiger partial charge in [-0.25, -0.2) is 9.18 Å². The summed E-state index contributed by atoms with van der Waals surface area (Å²) in [6.45, 7) is 1.92. The van der Waals surface area contributed by atoms with Crippen molar-refractivity contribution in [1.29, 1.82) is 0 Å². The number of aromatic amines is 1. The summed E-state index contributed by atoms with van der Waals surface area (Å²) >= 11 is 0. The fourth-order valence-corrected chi connectivity index (χ4v) is 2.37. The van der Waals surface area contributed by atoms with Gasteiger partial charge in [-0.1, -0.05) is 13.3 Å². The predicted molar refractivity (Wildman–Crippen MR) is 70.0 cm³/mol. The molecule has 1 aromatic rings. The molecule has 7 heteroatoms. The number of unbranched alkanes of at least 4 members (excludes halogenated alkanes) is 1. The van der Waals surface area contributed by atoms with Gasteiger partial charge in [0, 0.05) is 18.7 Å². The van der Waals surface area contributed by atoms with Gasteiger partial charge in [0.25, 0.3) is 5.56 Å². The van der Waals surface area contributed by atoms with Crippen molar-refractivity contribution in [2.75, 3.05) is 0 Å². The van der Waals surface area contributed by atoms with Crippen molar-refractivity contribution in [1.82, 2.24) is 9.55 Å². The molecule has 1 aliphatic heterocycles. The first-order valence-corrected chi connectivity index (χ1v) is 6.82. The molecule has 1 fully saturated rings. The van der Waals surface area contributed by atoms with Crippen molar-refractivity contribution in [3.8, 4) is 0 Å². The van der Waals surface area contributed by atoms with Crippen molar-refractivity contribution in [2.24, 2.45) is 0 Å². The molecule has 0 aliphatic carbocycles. The van der Waals surface area contributed by atoms with Crippen LogP contribution >= 0.6 is 0 Å². The molecule has 3 atom stereocenters. The summed E-state index contributed by atoms with van der Waals surface area (Å²) in [5.74, 6) is -2.14. The fourth-order valence-electron chi connectivity index (χ4n) is 2.37. The van der Waals surface area contributed by atoms with E-state index in [9.17, 15) is 19.1 Å².